The predicted octanol–water partition coefficient (Wildman–Crippen LogP) is 4.41. The summed E-state index contributed by atoms with van der Waals surface area (Å²) in [7, 11) is 1.61. The first-order valence-corrected chi connectivity index (χ1v) is 11.0. The first-order chi connectivity index (χ1) is 16.2. The van der Waals surface area contributed by atoms with Crippen LogP contribution in [-0.2, 0) is 4.79 Å². The molecule has 0 fully saturated rings. The summed E-state index contributed by atoms with van der Waals surface area (Å²) in [6, 6.07) is 16.6. The normalized spacial score (nSPS) is 10.9. The van der Waals surface area contributed by atoms with Crippen LogP contribution in [0.2, 0.25) is 0 Å². The van der Waals surface area contributed by atoms with Crippen LogP contribution in [0, 0.1) is 0 Å². The van der Waals surface area contributed by atoms with E-state index in [1.54, 1.807) is 19.5 Å². The summed E-state index contributed by atoms with van der Waals surface area (Å²) < 4.78 is 10.8. The van der Waals surface area contributed by atoms with Crippen LogP contribution in [0.4, 0.5) is 5.69 Å². The fourth-order valence-electron chi connectivity index (χ4n) is 3.17. The van der Waals surface area contributed by atoms with E-state index in [0.29, 0.717) is 16.8 Å². The Bertz CT molecular complexity index is 1400. The molecule has 0 radical (unpaired) electrons. The number of benzene rings is 2. The van der Waals surface area contributed by atoms with Crippen molar-refractivity contribution in [3.05, 3.63) is 67.0 Å². The number of carbonyl (C=O) groups excluding carboxylic acids is 1. The summed E-state index contributed by atoms with van der Waals surface area (Å²) in [6.45, 7) is 0. The van der Waals surface area contributed by atoms with Crippen LogP contribution in [-0.4, -0.2) is 43.9 Å². The Hall–Kier alpha value is -4.18. The Morgan fingerprint density at radius 1 is 1.12 bits per heavy atom. The average molecular weight is 459 g/mol. The molecule has 3 heterocycles. The SMILES string of the molecule is COc1ccc(-c2nnc(SCC(=O)Nc3ccc4nc(-c5cccnc5)[nH]c4c3)o2)cc1. The number of pyridine rings is 1. The van der Waals surface area contributed by atoms with Gasteiger partial charge in [0.25, 0.3) is 5.22 Å². The highest BCUT2D eigenvalue weighted by Gasteiger charge is 2.12. The quantitative estimate of drug-likeness (QED) is 0.344. The lowest BCUT2D eigenvalue weighted by Crippen LogP contribution is -2.13. The van der Waals surface area contributed by atoms with E-state index in [9.17, 15) is 4.79 Å². The number of aromatic amines is 1. The molecule has 0 spiro atoms. The first-order valence-electron chi connectivity index (χ1n) is 9.99. The van der Waals surface area contributed by atoms with Gasteiger partial charge < -0.3 is 19.5 Å². The lowest BCUT2D eigenvalue weighted by Gasteiger charge is -2.03. The molecular formula is C23H18N6O3S. The minimum Gasteiger partial charge on any atom is -0.497 e. The van der Waals surface area contributed by atoms with Gasteiger partial charge in [0, 0.05) is 29.2 Å². The van der Waals surface area contributed by atoms with Crippen molar-refractivity contribution < 1.29 is 13.9 Å². The minimum atomic E-state index is -0.185. The molecule has 10 heteroatoms. The summed E-state index contributed by atoms with van der Waals surface area (Å²) >= 11 is 1.17. The Balaban J connectivity index is 1.21. The molecule has 1 amide bonds. The van der Waals surface area contributed by atoms with Crippen molar-refractivity contribution in [3.63, 3.8) is 0 Å². The van der Waals surface area contributed by atoms with Crippen LogP contribution in [0.25, 0.3) is 33.9 Å². The van der Waals surface area contributed by atoms with Gasteiger partial charge in [-0.15, -0.1) is 10.2 Å². The number of rotatable bonds is 7. The van der Waals surface area contributed by atoms with Crippen LogP contribution < -0.4 is 10.1 Å². The average Bonchev–Trinajstić information content (AvgIpc) is 3.50. The third-order valence-electron chi connectivity index (χ3n) is 4.77. The largest absolute Gasteiger partial charge is 0.497 e. The van der Waals surface area contributed by atoms with Crippen molar-refractivity contribution in [1.82, 2.24) is 25.1 Å². The van der Waals surface area contributed by atoms with Gasteiger partial charge in [-0.2, -0.15) is 0 Å². The van der Waals surface area contributed by atoms with Gasteiger partial charge in [0.05, 0.1) is 23.9 Å². The number of imidazole rings is 1. The number of nitrogens with one attached hydrogen (secondary N) is 2. The highest BCUT2D eigenvalue weighted by molar-refractivity contribution is 7.99. The molecule has 5 aromatic rings. The smallest absolute Gasteiger partial charge is 0.277 e. The van der Waals surface area contributed by atoms with Crippen LogP contribution >= 0.6 is 11.8 Å². The highest BCUT2D eigenvalue weighted by atomic mass is 32.2. The third kappa shape index (κ3) is 4.70. The van der Waals surface area contributed by atoms with Crippen molar-refractivity contribution in [2.24, 2.45) is 0 Å². The zero-order valence-corrected chi connectivity index (χ0v) is 18.3. The molecule has 0 saturated heterocycles. The molecule has 0 aliphatic rings. The number of aromatic nitrogens is 5. The number of hydrogen-bond donors (Lipinski definition) is 2. The number of carbonyl (C=O) groups is 1. The van der Waals surface area contributed by atoms with E-state index in [-0.39, 0.29) is 11.7 Å². The van der Waals surface area contributed by atoms with E-state index in [4.69, 9.17) is 9.15 Å². The molecule has 0 atom stereocenters. The third-order valence-corrected chi connectivity index (χ3v) is 5.59. The predicted molar refractivity (Wildman–Crippen MR) is 125 cm³/mol. The molecule has 9 nitrogen and oxygen atoms in total. The molecule has 0 unspecified atom stereocenters. The van der Waals surface area contributed by atoms with E-state index in [0.717, 1.165) is 33.7 Å². The van der Waals surface area contributed by atoms with Gasteiger partial charge in [-0.25, -0.2) is 4.98 Å². The van der Waals surface area contributed by atoms with Crippen LogP contribution in [0.1, 0.15) is 0 Å². The number of thioether (sulfide) groups is 1. The van der Waals surface area contributed by atoms with Gasteiger partial charge in [-0.3, -0.25) is 9.78 Å². The lowest BCUT2D eigenvalue weighted by molar-refractivity contribution is -0.113. The number of ether oxygens (including phenoxy) is 1. The monoisotopic (exact) mass is 458 g/mol. The topological polar surface area (TPSA) is 119 Å². The molecule has 5 rings (SSSR count). The van der Waals surface area contributed by atoms with Crippen molar-refractivity contribution in [3.8, 4) is 28.6 Å². The highest BCUT2D eigenvalue weighted by Crippen LogP contribution is 2.26. The molecular weight excluding hydrogens is 440 g/mol. The second kappa shape index (κ2) is 9.13. The second-order valence-electron chi connectivity index (χ2n) is 7.00. The standard InChI is InChI=1S/C23H18N6O3S/c1-31-17-7-4-14(5-8-17)22-28-29-23(32-22)33-13-20(30)25-16-6-9-18-19(11-16)27-21(26-18)15-3-2-10-24-12-15/h2-12H,13H2,1H3,(H,25,30)(H,26,27). The number of anilines is 1. The number of H-pyrrole nitrogens is 1. The molecule has 33 heavy (non-hydrogen) atoms. The fourth-order valence-corrected chi connectivity index (χ4v) is 3.73. The van der Waals surface area contributed by atoms with Gasteiger partial charge in [0.15, 0.2) is 0 Å². The van der Waals surface area contributed by atoms with Crippen LogP contribution in [0.3, 0.4) is 0 Å². The maximum absolute atomic E-state index is 12.4. The summed E-state index contributed by atoms with van der Waals surface area (Å²) in [4.78, 5) is 24.4. The van der Waals surface area contributed by atoms with E-state index in [1.165, 1.54) is 11.8 Å². The van der Waals surface area contributed by atoms with E-state index < -0.39 is 0 Å². The lowest BCUT2D eigenvalue weighted by atomic mass is 10.2. The molecule has 164 valence electrons. The number of methoxy groups -OCH3 is 1. The first kappa shape index (κ1) is 20.7. The molecule has 2 aromatic carbocycles. The van der Waals surface area contributed by atoms with Crippen LogP contribution in [0.15, 0.2) is 76.6 Å². The Morgan fingerprint density at radius 2 is 2.00 bits per heavy atom. The van der Waals surface area contributed by atoms with E-state index in [2.05, 4.69) is 30.5 Å². The Labute approximate surface area is 192 Å². The Morgan fingerprint density at radius 3 is 2.79 bits per heavy atom. The summed E-state index contributed by atoms with van der Waals surface area (Å²) in [5.41, 5.74) is 3.96. The van der Waals surface area contributed by atoms with E-state index >= 15 is 0 Å². The van der Waals surface area contributed by atoms with Gasteiger partial charge in [0.2, 0.25) is 11.8 Å². The molecule has 0 bridgehead atoms. The molecule has 2 N–H and O–H groups in total. The molecule has 0 aliphatic heterocycles. The minimum absolute atomic E-state index is 0.131. The van der Waals surface area contributed by atoms with Gasteiger partial charge in [-0.1, -0.05) is 11.8 Å². The zero-order chi connectivity index (χ0) is 22.6. The van der Waals surface area contributed by atoms with Crippen molar-refractivity contribution in [2.75, 3.05) is 18.2 Å². The Kier molecular flexibility index (Phi) is 5.73. The van der Waals surface area contributed by atoms with Crippen molar-refractivity contribution >= 4 is 34.4 Å². The van der Waals surface area contributed by atoms with Gasteiger partial charge in [0.1, 0.15) is 11.6 Å². The summed E-state index contributed by atoms with van der Waals surface area (Å²) in [6.07, 6.45) is 3.46. The van der Waals surface area contributed by atoms with Crippen LogP contribution in [0.5, 0.6) is 5.75 Å². The maximum atomic E-state index is 12.4. The molecule has 0 aliphatic carbocycles. The molecule has 3 aromatic heterocycles. The summed E-state index contributed by atoms with van der Waals surface area (Å²) in [5.74, 6) is 1.80. The summed E-state index contributed by atoms with van der Waals surface area (Å²) in [5, 5.41) is 11.2. The van der Waals surface area contributed by atoms with E-state index in [1.807, 2.05) is 54.6 Å². The fraction of sp³-hybridized carbons (Fsp3) is 0.0870. The van der Waals surface area contributed by atoms with Gasteiger partial charge >= 0.3 is 0 Å². The second-order valence-corrected chi connectivity index (χ2v) is 7.92. The maximum Gasteiger partial charge on any atom is 0.277 e. The number of fused-ring (bicyclic) bond motifs is 1. The number of nitrogens with zero attached hydrogens (tertiary/aromatic N) is 4. The zero-order valence-electron chi connectivity index (χ0n) is 17.5. The number of hydrogen-bond acceptors (Lipinski definition) is 8. The molecule has 0 saturated carbocycles. The number of amides is 1. The van der Waals surface area contributed by atoms with Crippen molar-refractivity contribution in [1.29, 1.82) is 0 Å². The van der Waals surface area contributed by atoms with Gasteiger partial charge in [-0.05, 0) is 54.6 Å². The van der Waals surface area contributed by atoms with Crippen molar-refractivity contribution in [2.45, 2.75) is 5.22 Å².